The number of carbonyl (C=O) groups is 1. The predicted octanol–water partition coefficient (Wildman–Crippen LogP) is 0.883. The molecule has 0 fully saturated rings. The van der Waals surface area contributed by atoms with E-state index in [9.17, 15) is 4.79 Å². The van der Waals surface area contributed by atoms with Crippen LogP contribution in [0.1, 0.15) is 12.1 Å². The summed E-state index contributed by atoms with van der Waals surface area (Å²) in [7, 11) is 0. The number of nitrogens with two attached hydrogens (primary N) is 1. The van der Waals surface area contributed by atoms with Gasteiger partial charge in [-0.3, -0.25) is 10.2 Å². The Morgan fingerprint density at radius 2 is 2.09 bits per heavy atom. The molecule has 1 amide bonds. The number of aryl methyl sites for hydroxylation is 1. The van der Waals surface area contributed by atoms with Crippen molar-refractivity contribution in [3.8, 4) is 11.6 Å². The first-order valence-electron chi connectivity index (χ1n) is 7.08. The van der Waals surface area contributed by atoms with Gasteiger partial charge in [0, 0.05) is 0 Å². The normalized spacial score (nSPS) is 10.7. The molecule has 8 heteroatoms. The summed E-state index contributed by atoms with van der Waals surface area (Å²) in [4.78, 5) is 19.6. The molecule has 0 spiro atoms. The maximum atomic E-state index is 11.2. The second kappa shape index (κ2) is 6.41. The van der Waals surface area contributed by atoms with Crippen LogP contribution in [0.2, 0.25) is 0 Å². The van der Waals surface area contributed by atoms with Gasteiger partial charge in [-0.1, -0.05) is 18.2 Å². The van der Waals surface area contributed by atoms with Gasteiger partial charge in [-0.15, -0.1) is 0 Å². The zero-order chi connectivity index (χ0) is 16.2. The monoisotopic (exact) mass is 312 g/mol. The van der Waals surface area contributed by atoms with Gasteiger partial charge < -0.3 is 4.74 Å². The fraction of sp³-hybridized carbons (Fsp3) is 0.200. The molecule has 3 aromatic rings. The molecule has 2 heterocycles. The number of benzene rings is 1. The molecule has 3 rings (SSSR count). The minimum atomic E-state index is -0.299. The average Bonchev–Trinajstić information content (AvgIpc) is 2.93. The minimum absolute atomic E-state index is 0.147. The zero-order valence-electron chi connectivity index (χ0n) is 12.6. The minimum Gasteiger partial charge on any atom is -0.477 e. The van der Waals surface area contributed by atoms with Gasteiger partial charge >= 0.3 is 0 Å². The van der Waals surface area contributed by atoms with Crippen LogP contribution in [0.4, 0.5) is 0 Å². The second-order valence-corrected chi connectivity index (χ2v) is 4.88. The highest BCUT2D eigenvalue weighted by atomic mass is 16.5. The molecule has 118 valence electrons. The first-order chi connectivity index (χ1) is 11.2. The number of amides is 1. The Balaban J connectivity index is 1.95. The van der Waals surface area contributed by atoms with Crippen molar-refractivity contribution < 1.29 is 9.53 Å². The van der Waals surface area contributed by atoms with E-state index >= 15 is 0 Å². The van der Waals surface area contributed by atoms with Gasteiger partial charge in [0.1, 0.15) is 11.7 Å². The van der Waals surface area contributed by atoms with E-state index < -0.39 is 0 Å². The third-order valence-corrected chi connectivity index (χ3v) is 3.33. The van der Waals surface area contributed by atoms with Gasteiger partial charge in [0.2, 0.25) is 11.8 Å². The van der Waals surface area contributed by atoms with E-state index in [1.165, 1.54) is 6.33 Å². The molecule has 2 aromatic heterocycles. The van der Waals surface area contributed by atoms with Gasteiger partial charge in [-0.05, 0) is 19.1 Å². The van der Waals surface area contributed by atoms with Gasteiger partial charge in [0.25, 0.3) is 0 Å². The van der Waals surface area contributed by atoms with Crippen LogP contribution in [0, 0.1) is 6.92 Å². The number of hydrazine groups is 1. The van der Waals surface area contributed by atoms with E-state index in [1.54, 1.807) is 4.68 Å². The molecule has 0 radical (unpaired) electrons. The van der Waals surface area contributed by atoms with Crippen molar-refractivity contribution in [2.24, 2.45) is 5.84 Å². The van der Waals surface area contributed by atoms with Crippen molar-refractivity contribution in [1.82, 2.24) is 25.2 Å². The summed E-state index contributed by atoms with van der Waals surface area (Å²) in [6, 6.07) is 9.69. The molecular weight excluding hydrogens is 296 g/mol. The maximum Gasteiger partial charge on any atom is 0.237 e. The fourth-order valence-corrected chi connectivity index (χ4v) is 2.26. The Morgan fingerprint density at radius 1 is 1.30 bits per heavy atom. The number of nitrogens with zero attached hydrogens (tertiary/aromatic N) is 4. The van der Waals surface area contributed by atoms with Crippen LogP contribution in [0.3, 0.4) is 0 Å². The lowest BCUT2D eigenvalue weighted by atomic mass is 10.3. The molecule has 0 bridgehead atoms. The Bertz CT molecular complexity index is 831. The molecule has 0 aliphatic carbocycles. The highest BCUT2D eigenvalue weighted by Crippen LogP contribution is 2.26. The van der Waals surface area contributed by atoms with Crippen molar-refractivity contribution in [2.75, 3.05) is 6.61 Å². The fourth-order valence-electron chi connectivity index (χ4n) is 2.26. The highest BCUT2D eigenvalue weighted by molar-refractivity contribution is 5.84. The summed E-state index contributed by atoms with van der Waals surface area (Å²) in [6.45, 7) is 2.04. The van der Waals surface area contributed by atoms with Crippen LogP contribution in [-0.2, 0) is 4.79 Å². The van der Waals surface area contributed by atoms with Gasteiger partial charge in [0.15, 0.2) is 5.65 Å². The van der Waals surface area contributed by atoms with Gasteiger partial charge in [0.05, 0.1) is 24.4 Å². The van der Waals surface area contributed by atoms with E-state index in [4.69, 9.17) is 10.6 Å². The molecule has 0 atom stereocenters. The molecule has 0 unspecified atom stereocenters. The van der Waals surface area contributed by atoms with E-state index in [1.807, 2.05) is 37.3 Å². The third kappa shape index (κ3) is 2.97. The number of aromatic nitrogens is 4. The van der Waals surface area contributed by atoms with Crippen molar-refractivity contribution >= 4 is 16.9 Å². The van der Waals surface area contributed by atoms with Crippen molar-refractivity contribution in [3.05, 3.63) is 42.4 Å². The third-order valence-electron chi connectivity index (χ3n) is 3.33. The standard InChI is InChI=1S/C15H16N6O2/c1-10-13-14(21(20-10)11-5-3-2-4-6-11)17-9-18-15(13)23-8-7-12(22)19-16/h2-6,9H,7-8,16H2,1H3,(H,19,22). The Morgan fingerprint density at radius 3 is 2.83 bits per heavy atom. The van der Waals surface area contributed by atoms with Crippen LogP contribution in [0.5, 0.6) is 5.88 Å². The van der Waals surface area contributed by atoms with Crippen LogP contribution < -0.4 is 16.0 Å². The van der Waals surface area contributed by atoms with Crippen LogP contribution in [0.25, 0.3) is 16.7 Å². The molecule has 23 heavy (non-hydrogen) atoms. The Hall–Kier alpha value is -3.00. The van der Waals surface area contributed by atoms with Crippen LogP contribution in [-0.4, -0.2) is 32.3 Å². The lowest BCUT2D eigenvalue weighted by Gasteiger charge is -2.06. The first-order valence-corrected chi connectivity index (χ1v) is 7.08. The summed E-state index contributed by atoms with van der Waals surface area (Å²) in [5.74, 6) is 5.14. The van der Waals surface area contributed by atoms with Crippen LogP contribution in [0.15, 0.2) is 36.7 Å². The summed E-state index contributed by atoms with van der Waals surface area (Å²) in [5.41, 5.74) is 4.37. The predicted molar refractivity (Wildman–Crippen MR) is 83.8 cm³/mol. The largest absolute Gasteiger partial charge is 0.477 e. The molecule has 3 N–H and O–H groups in total. The molecule has 0 aliphatic rings. The number of hydrogen-bond donors (Lipinski definition) is 2. The number of ether oxygens (including phenoxy) is 1. The number of carbonyl (C=O) groups excluding carboxylic acids is 1. The quantitative estimate of drug-likeness (QED) is 0.411. The molecular formula is C15H16N6O2. The van der Waals surface area contributed by atoms with Gasteiger partial charge in [-0.25, -0.2) is 20.5 Å². The smallest absolute Gasteiger partial charge is 0.237 e. The van der Waals surface area contributed by atoms with E-state index in [0.717, 1.165) is 16.8 Å². The van der Waals surface area contributed by atoms with E-state index in [0.29, 0.717) is 11.5 Å². The summed E-state index contributed by atoms with van der Waals surface area (Å²) >= 11 is 0. The number of fused-ring (bicyclic) bond motifs is 1. The molecule has 1 aromatic carbocycles. The summed E-state index contributed by atoms with van der Waals surface area (Å²) < 4.78 is 7.34. The summed E-state index contributed by atoms with van der Waals surface area (Å²) in [5, 5.41) is 5.24. The molecule has 0 saturated carbocycles. The average molecular weight is 312 g/mol. The van der Waals surface area contributed by atoms with Crippen molar-refractivity contribution in [3.63, 3.8) is 0 Å². The van der Waals surface area contributed by atoms with E-state index in [2.05, 4.69) is 20.5 Å². The molecule has 0 aliphatic heterocycles. The Kier molecular flexibility index (Phi) is 4.15. The highest BCUT2D eigenvalue weighted by Gasteiger charge is 2.16. The second-order valence-electron chi connectivity index (χ2n) is 4.88. The van der Waals surface area contributed by atoms with E-state index in [-0.39, 0.29) is 18.9 Å². The first kappa shape index (κ1) is 14.9. The Labute approximate surface area is 132 Å². The summed E-state index contributed by atoms with van der Waals surface area (Å²) in [6.07, 6.45) is 1.56. The number of para-hydroxylation sites is 1. The topological polar surface area (TPSA) is 108 Å². The lowest BCUT2D eigenvalue weighted by molar-refractivity contribution is -0.121. The molecule has 8 nitrogen and oxygen atoms in total. The molecule has 0 saturated heterocycles. The number of hydrogen-bond acceptors (Lipinski definition) is 6. The van der Waals surface area contributed by atoms with Gasteiger partial charge in [-0.2, -0.15) is 5.10 Å². The number of nitrogens with one attached hydrogen (secondary N) is 1. The number of rotatable bonds is 5. The lowest BCUT2D eigenvalue weighted by Crippen LogP contribution is -2.31. The zero-order valence-corrected chi connectivity index (χ0v) is 12.6. The van der Waals surface area contributed by atoms with Crippen molar-refractivity contribution in [2.45, 2.75) is 13.3 Å². The maximum absolute atomic E-state index is 11.2. The SMILES string of the molecule is Cc1nn(-c2ccccc2)c2ncnc(OCCC(=O)NN)c12. The van der Waals surface area contributed by atoms with Crippen molar-refractivity contribution in [1.29, 1.82) is 0 Å². The van der Waals surface area contributed by atoms with Crippen LogP contribution >= 0.6 is 0 Å².